The van der Waals surface area contributed by atoms with Gasteiger partial charge < -0.3 is 16.0 Å². The number of carbonyl (C=O) groups excluding carboxylic acids is 2. The van der Waals surface area contributed by atoms with Crippen LogP contribution in [0.1, 0.15) is 42.5 Å². The van der Waals surface area contributed by atoms with Crippen LogP contribution in [-0.4, -0.2) is 24.9 Å². The smallest absolute Gasteiger partial charge is 0.258 e. The lowest BCUT2D eigenvalue weighted by molar-refractivity contribution is -0.122. The van der Waals surface area contributed by atoms with Crippen LogP contribution in [0.3, 0.4) is 0 Å². The van der Waals surface area contributed by atoms with Gasteiger partial charge in [0.25, 0.3) is 5.91 Å². The number of fused-ring (bicyclic) bond motifs is 2. The van der Waals surface area contributed by atoms with Crippen LogP contribution in [0.2, 0.25) is 0 Å². The first-order chi connectivity index (χ1) is 14.0. The first-order valence-electron chi connectivity index (χ1n) is 10.5. The Kier molecular flexibility index (Phi) is 7.16. The predicted octanol–water partition coefficient (Wildman–Crippen LogP) is 4.48. The predicted molar refractivity (Wildman–Crippen MR) is 123 cm³/mol. The van der Waals surface area contributed by atoms with Crippen molar-refractivity contribution in [3.63, 3.8) is 0 Å². The van der Waals surface area contributed by atoms with Crippen molar-refractivity contribution in [1.82, 2.24) is 0 Å². The number of hydrogen-bond donors (Lipinski definition) is 2. The molecule has 2 aliphatic rings. The Labute approximate surface area is 184 Å². The van der Waals surface area contributed by atoms with Gasteiger partial charge in [-0.1, -0.05) is 30.7 Å². The molecule has 2 aromatic rings. The summed E-state index contributed by atoms with van der Waals surface area (Å²) in [6.07, 6.45) is 5.25. The lowest BCUT2D eigenvalue weighted by Crippen LogP contribution is -2.48. The third-order valence-electron chi connectivity index (χ3n) is 6.61. The monoisotopic (exact) mass is 427 g/mol. The van der Waals surface area contributed by atoms with E-state index >= 15 is 0 Å². The Morgan fingerprint density at radius 1 is 1.00 bits per heavy atom. The van der Waals surface area contributed by atoms with E-state index < -0.39 is 0 Å². The average molecular weight is 428 g/mol. The maximum Gasteiger partial charge on any atom is 0.258 e. The van der Waals surface area contributed by atoms with Crippen LogP contribution >= 0.6 is 12.4 Å². The Hall–Kier alpha value is -2.37. The molecule has 2 aromatic carbocycles. The molecule has 30 heavy (non-hydrogen) atoms. The number of halogens is 1. The quantitative estimate of drug-likeness (QED) is 0.755. The first kappa shape index (κ1) is 22.3. The molecule has 6 heteroatoms. The topological polar surface area (TPSA) is 75.4 Å². The van der Waals surface area contributed by atoms with Crippen molar-refractivity contribution in [3.05, 3.63) is 60.2 Å². The number of rotatable bonds is 4. The molecule has 4 rings (SSSR count). The fraction of sp³-hybridized carbons (Fsp3) is 0.417. The number of carbonyl (C=O) groups is 2. The molecule has 0 heterocycles. The molecular weight excluding hydrogens is 398 g/mol. The SMILES string of the molecule is CN(C(=O)c1cccc(NC(=O)C2CC3CCCC(C2)C3N)c1)c1ccccc1.Cl. The highest BCUT2D eigenvalue weighted by molar-refractivity contribution is 6.06. The Balaban J connectivity index is 0.00000256. The molecule has 3 N–H and O–H groups in total. The minimum absolute atomic E-state index is 0. The number of anilines is 2. The van der Waals surface area contributed by atoms with Gasteiger partial charge in [-0.15, -0.1) is 12.4 Å². The molecule has 2 saturated carbocycles. The van der Waals surface area contributed by atoms with Crippen LogP contribution < -0.4 is 16.0 Å². The number of nitrogens with two attached hydrogens (primary N) is 1. The second kappa shape index (κ2) is 9.63. The highest BCUT2D eigenvalue weighted by atomic mass is 35.5. The Morgan fingerprint density at radius 2 is 1.67 bits per heavy atom. The fourth-order valence-electron chi connectivity index (χ4n) is 4.94. The summed E-state index contributed by atoms with van der Waals surface area (Å²) < 4.78 is 0. The third kappa shape index (κ3) is 4.68. The molecule has 0 radical (unpaired) electrons. The molecule has 2 aliphatic carbocycles. The summed E-state index contributed by atoms with van der Waals surface area (Å²) in [4.78, 5) is 27.4. The van der Waals surface area contributed by atoms with E-state index in [9.17, 15) is 9.59 Å². The number of hydrogen-bond acceptors (Lipinski definition) is 3. The molecule has 2 bridgehead atoms. The van der Waals surface area contributed by atoms with E-state index in [1.54, 1.807) is 24.1 Å². The Bertz CT molecular complexity index is 875. The summed E-state index contributed by atoms with van der Waals surface area (Å²) in [6.45, 7) is 0. The summed E-state index contributed by atoms with van der Waals surface area (Å²) in [6, 6.07) is 17.0. The zero-order valence-electron chi connectivity index (χ0n) is 17.3. The molecule has 2 amide bonds. The minimum Gasteiger partial charge on any atom is -0.327 e. The lowest BCUT2D eigenvalue weighted by atomic mass is 9.65. The van der Waals surface area contributed by atoms with Crippen molar-refractivity contribution in [1.29, 1.82) is 0 Å². The van der Waals surface area contributed by atoms with E-state index in [0.29, 0.717) is 23.1 Å². The number of nitrogens with one attached hydrogen (secondary N) is 1. The van der Waals surface area contributed by atoms with Gasteiger partial charge in [0.1, 0.15) is 0 Å². The highest BCUT2D eigenvalue weighted by Crippen LogP contribution is 2.42. The molecular formula is C24H30ClN3O2. The third-order valence-corrected chi connectivity index (χ3v) is 6.61. The van der Waals surface area contributed by atoms with Gasteiger partial charge in [-0.2, -0.15) is 0 Å². The molecule has 2 fully saturated rings. The lowest BCUT2D eigenvalue weighted by Gasteiger charge is -2.43. The number of nitrogens with zero attached hydrogens (tertiary/aromatic N) is 1. The van der Waals surface area contributed by atoms with Crippen LogP contribution in [-0.2, 0) is 4.79 Å². The van der Waals surface area contributed by atoms with Crippen molar-refractivity contribution in [2.45, 2.75) is 38.1 Å². The number of amides is 2. The maximum atomic E-state index is 12.9. The normalized spacial score (nSPS) is 25.0. The van der Waals surface area contributed by atoms with E-state index in [2.05, 4.69) is 5.32 Å². The van der Waals surface area contributed by atoms with Crippen LogP contribution in [0, 0.1) is 17.8 Å². The molecule has 5 nitrogen and oxygen atoms in total. The Morgan fingerprint density at radius 3 is 2.33 bits per heavy atom. The van der Waals surface area contributed by atoms with Gasteiger partial charge in [0.2, 0.25) is 5.91 Å². The van der Waals surface area contributed by atoms with E-state index in [-0.39, 0.29) is 36.2 Å². The van der Waals surface area contributed by atoms with Gasteiger partial charge in [-0.25, -0.2) is 0 Å². The standard InChI is InChI=1S/C24H29N3O2.ClH/c1-27(21-11-3-2-4-12-21)24(29)18-9-6-10-20(15-18)26-23(28)19-13-16-7-5-8-17(14-19)22(16)25;/h2-4,6,9-12,15-17,19,22H,5,7-8,13-14,25H2,1H3,(H,26,28);1H. The van der Waals surface area contributed by atoms with Gasteiger partial charge in [0.15, 0.2) is 0 Å². The van der Waals surface area contributed by atoms with Crippen molar-refractivity contribution in [2.75, 3.05) is 17.3 Å². The zero-order valence-corrected chi connectivity index (χ0v) is 18.1. The minimum atomic E-state index is -0.106. The zero-order chi connectivity index (χ0) is 20.4. The summed E-state index contributed by atoms with van der Waals surface area (Å²) in [5, 5.41) is 3.04. The second-order valence-corrected chi connectivity index (χ2v) is 8.47. The van der Waals surface area contributed by atoms with Gasteiger partial charge in [-0.05, 0) is 67.9 Å². The molecule has 2 unspecified atom stereocenters. The van der Waals surface area contributed by atoms with E-state index in [4.69, 9.17) is 5.73 Å². The molecule has 160 valence electrons. The van der Waals surface area contributed by atoms with Gasteiger partial charge in [0, 0.05) is 35.9 Å². The van der Waals surface area contributed by atoms with Crippen LogP contribution in [0.5, 0.6) is 0 Å². The molecule has 0 saturated heterocycles. The summed E-state index contributed by atoms with van der Waals surface area (Å²) in [5.41, 5.74) is 8.41. The number of para-hydroxylation sites is 1. The van der Waals surface area contributed by atoms with Crippen molar-refractivity contribution in [3.8, 4) is 0 Å². The average Bonchev–Trinajstić information content (AvgIpc) is 2.73. The van der Waals surface area contributed by atoms with Crippen molar-refractivity contribution < 1.29 is 9.59 Å². The van der Waals surface area contributed by atoms with E-state index in [0.717, 1.165) is 31.4 Å². The molecule has 2 atom stereocenters. The van der Waals surface area contributed by atoms with Crippen LogP contribution in [0.4, 0.5) is 11.4 Å². The fourth-order valence-corrected chi connectivity index (χ4v) is 4.94. The van der Waals surface area contributed by atoms with Crippen LogP contribution in [0.15, 0.2) is 54.6 Å². The maximum absolute atomic E-state index is 12.9. The molecule has 0 aromatic heterocycles. The largest absolute Gasteiger partial charge is 0.327 e. The summed E-state index contributed by atoms with van der Waals surface area (Å²) >= 11 is 0. The summed E-state index contributed by atoms with van der Waals surface area (Å²) in [5.74, 6) is 0.883. The van der Waals surface area contributed by atoms with Crippen molar-refractivity contribution in [2.24, 2.45) is 23.5 Å². The van der Waals surface area contributed by atoms with Gasteiger partial charge in [0.05, 0.1) is 0 Å². The second-order valence-electron chi connectivity index (χ2n) is 8.47. The van der Waals surface area contributed by atoms with Crippen LogP contribution in [0.25, 0.3) is 0 Å². The van der Waals surface area contributed by atoms with Gasteiger partial charge >= 0.3 is 0 Å². The first-order valence-corrected chi connectivity index (χ1v) is 10.5. The molecule has 0 spiro atoms. The highest BCUT2D eigenvalue weighted by Gasteiger charge is 2.40. The summed E-state index contributed by atoms with van der Waals surface area (Å²) in [7, 11) is 1.76. The molecule has 0 aliphatic heterocycles. The number of benzene rings is 2. The van der Waals surface area contributed by atoms with Gasteiger partial charge in [-0.3, -0.25) is 9.59 Å². The van der Waals surface area contributed by atoms with Crippen molar-refractivity contribution >= 4 is 35.6 Å². The van der Waals surface area contributed by atoms with E-state index in [1.165, 1.54) is 6.42 Å². The van der Waals surface area contributed by atoms with E-state index in [1.807, 2.05) is 42.5 Å².